The largest absolute Gasteiger partial charge is 0.376 e. The van der Waals surface area contributed by atoms with Crippen LogP contribution in [0, 0.1) is 0 Å². The molecule has 0 saturated carbocycles. The SMILES string of the molecule is CC.[B]C(C)(C)/C(C)=C(\CC)N(C)C1(C)COC1. The van der Waals surface area contributed by atoms with Crippen LogP contribution in [0.15, 0.2) is 11.3 Å². The zero-order chi connectivity index (χ0) is 14.6. The summed E-state index contributed by atoms with van der Waals surface area (Å²) in [7, 11) is 8.33. The standard InChI is InChI=1S/C13H24BNO.C2H6/c1-7-11(10(2)12(3,4)14)15(6)13(5)8-16-9-13;1-2/h7-9H2,1-6H3;1-2H3/b11-10+;. The summed E-state index contributed by atoms with van der Waals surface area (Å²) < 4.78 is 5.32. The van der Waals surface area contributed by atoms with E-state index in [9.17, 15) is 0 Å². The Hall–Kier alpha value is -0.435. The Bertz CT molecular complexity index is 287. The molecule has 0 spiro atoms. The molecular weight excluding hydrogens is 221 g/mol. The Morgan fingerprint density at radius 1 is 1.33 bits per heavy atom. The first-order valence-corrected chi connectivity index (χ1v) is 7.03. The number of allylic oxidation sites excluding steroid dienone is 2. The Morgan fingerprint density at radius 3 is 2.00 bits per heavy atom. The smallest absolute Gasteiger partial charge is 0.0833 e. The van der Waals surface area contributed by atoms with E-state index in [1.165, 1.54) is 11.3 Å². The first-order chi connectivity index (χ1) is 8.22. The molecule has 0 aromatic rings. The third kappa shape index (κ3) is 3.78. The molecule has 0 aromatic heterocycles. The first kappa shape index (κ1) is 17.6. The highest BCUT2D eigenvalue weighted by atomic mass is 16.5. The van der Waals surface area contributed by atoms with Crippen molar-refractivity contribution in [1.82, 2.24) is 4.90 Å². The Kier molecular flexibility index (Phi) is 6.49. The summed E-state index contributed by atoms with van der Waals surface area (Å²) >= 11 is 0. The van der Waals surface area contributed by atoms with Crippen molar-refractivity contribution in [2.75, 3.05) is 20.3 Å². The lowest BCUT2D eigenvalue weighted by atomic mass is 9.66. The molecule has 1 fully saturated rings. The molecule has 104 valence electrons. The van der Waals surface area contributed by atoms with E-state index in [4.69, 9.17) is 12.6 Å². The number of hydrogen-bond acceptors (Lipinski definition) is 2. The van der Waals surface area contributed by atoms with Crippen LogP contribution in [0.3, 0.4) is 0 Å². The molecule has 0 amide bonds. The van der Waals surface area contributed by atoms with Crippen LogP contribution in [0.4, 0.5) is 0 Å². The van der Waals surface area contributed by atoms with Gasteiger partial charge < -0.3 is 9.64 Å². The summed E-state index contributed by atoms with van der Waals surface area (Å²) in [5.74, 6) is 0. The molecule has 0 unspecified atom stereocenters. The van der Waals surface area contributed by atoms with Gasteiger partial charge in [-0.25, -0.2) is 0 Å². The van der Waals surface area contributed by atoms with Gasteiger partial charge >= 0.3 is 0 Å². The van der Waals surface area contributed by atoms with E-state index in [0.29, 0.717) is 0 Å². The van der Waals surface area contributed by atoms with E-state index >= 15 is 0 Å². The summed E-state index contributed by atoms with van der Waals surface area (Å²) in [5.41, 5.74) is 2.77. The van der Waals surface area contributed by atoms with Crippen LogP contribution in [-0.2, 0) is 4.74 Å². The van der Waals surface area contributed by atoms with Crippen molar-refractivity contribution >= 4 is 7.85 Å². The summed E-state index contributed by atoms with van der Waals surface area (Å²) in [6, 6.07) is 0. The van der Waals surface area contributed by atoms with E-state index in [1.807, 2.05) is 13.8 Å². The lowest BCUT2D eigenvalue weighted by Crippen LogP contribution is -2.58. The molecule has 3 heteroatoms. The minimum atomic E-state index is -0.249. The van der Waals surface area contributed by atoms with Crippen molar-refractivity contribution in [2.45, 2.75) is 65.7 Å². The maximum Gasteiger partial charge on any atom is 0.0833 e. The van der Waals surface area contributed by atoms with Gasteiger partial charge in [0.05, 0.1) is 26.6 Å². The van der Waals surface area contributed by atoms with Gasteiger partial charge in [0.15, 0.2) is 0 Å². The molecule has 2 nitrogen and oxygen atoms in total. The normalized spacial score (nSPS) is 19.1. The lowest BCUT2D eigenvalue weighted by molar-refractivity contribution is -0.111. The van der Waals surface area contributed by atoms with Crippen LogP contribution >= 0.6 is 0 Å². The maximum atomic E-state index is 6.18. The molecular formula is C15H30BNO. The number of rotatable bonds is 4. The quantitative estimate of drug-likeness (QED) is 0.705. The van der Waals surface area contributed by atoms with Crippen LogP contribution in [0.2, 0.25) is 5.31 Å². The number of ether oxygens (including phenoxy) is 1. The fourth-order valence-electron chi connectivity index (χ4n) is 2.04. The van der Waals surface area contributed by atoms with Crippen LogP contribution in [0.5, 0.6) is 0 Å². The molecule has 0 bridgehead atoms. The lowest BCUT2D eigenvalue weighted by Gasteiger charge is -2.48. The molecule has 18 heavy (non-hydrogen) atoms. The fourth-order valence-corrected chi connectivity index (χ4v) is 2.04. The summed E-state index contributed by atoms with van der Waals surface area (Å²) in [6.07, 6.45) is 1.01. The fraction of sp³-hybridized carbons (Fsp3) is 0.867. The number of hydrogen-bond donors (Lipinski definition) is 0. The maximum absolute atomic E-state index is 6.18. The molecule has 0 aliphatic carbocycles. The Morgan fingerprint density at radius 2 is 1.78 bits per heavy atom. The third-order valence-electron chi connectivity index (χ3n) is 3.77. The van der Waals surface area contributed by atoms with E-state index in [1.54, 1.807) is 0 Å². The van der Waals surface area contributed by atoms with E-state index in [0.717, 1.165) is 19.6 Å². The zero-order valence-corrected chi connectivity index (χ0v) is 13.6. The second-order valence-corrected chi connectivity index (χ2v) is 5.70. The first-order valence-electron chi connectivity index (χ1n) is 7.03. The minimum absolute atomic E-state index is 0.151. The number of likely N-dealkylation sites (N-methyl/N-ethyl adjacent to an activating group) is 1. The highest BCUT2D eigenvalue weighted by Crippen LogP contribution is 2.37. The summed E-state index contributed by atoms with van der Waals surface area (Å²) in [5, 5.41) is -0.249. The van der Waals surface area contributed by atoms with Crippen molar-refractivity contribution in [2.24, 2.45) is 0 Å². The molecule has 0 N–H and O–H groups in total. The average molecular weight is 251 g/mol. The highest BCUT2D eigenvalue weighted by molar-refractivity contribution is 6.16. The molecule has 2 radical (unpaired) electrons. The Labute approximate surface area is 115 Å². The predicted octanol–water partition coefficient (Wildman–Crippen LogP) is 3.78. The van der Waals surface area contributed by atoms with E-state index in [-0.39, 0.29) is 10.9 Å². The minimum Gasteiger partial charge on any atom is -0.376 e. The third-order valence-corrected chi connectivity index (χ3v) is 3.77. The topological polar surface area (TPSA) is 12.5 Å². The molecule has 1 aliphatic rings. The monoisotopic (exact) mass is 251 g/mol. The van der Waals surface area contributed by atoms with Crippen molar-refractivity contribution in [3.8, 4) is 0 Å². The number of nitrogens with zero attached hydrogens (tertiary/aromatic N) is 1. The second kappa shape index (κ2) is 6.65. The van der Waals surface area contributed by atoms with Gasteiger partial charge in [-0.3, -0.25) is 0 Å². The van der Waals surface area contributed by atoms with Gasteiger partial charge in [0.1, 0.15) is 0 Å². The molecule has 1 rings (SSSR count). The highest BCUT2D eigenvalue weighted by Gasteiger charge is 2.39. The molecule has 0 aromatic carbocycles. The van der Waals surface area contributed by atoms with Gasteiger partial charge in [-0.1, -0.05) is 40.2 Å². The van der Waals surface area contributed by atoms with Gasteiger partial charge in [0.25, 0.3) is 0 Å². The Balaban J connectivity index is 0.00000137. The molecule has 1 heterocycles. The van der Waals surface area contributed by atoms with Gasteiger partial charge in [0.2, 0.25) is 0 Å². The second-order valence-electron chi connectivity index (χ2n) is 5.70. The van der Waals surface area contributed by atoms with Gasteiger partial charge in [-0.2, -0.15) is 0 Å². The van der Waals surface area contributed by atoms with Crippen LogP contribution in [0.25, 0.3) is 0 Å². The van der Waals surface area contributed by atoms with Crippen molar-refractivity contribution in [1.29, 1.82) is 0 Å². The predicted molar refractivity (Wildman–Crippen MR) is 81.1 cm³/mol. The summed E-state index contributed by atoms with van der Waals surface area (Å²) in [4.78, 5) is 2.35. The van der Waals surface area contributed by atoms with E-state index < -0.39 is 0 Å². The molecule has 1 saturated heterocycles. The van der Waals surface area contributed by atoms with Gasteiger partial charge in [-0.05, 0) is 25.6 Å². The van der Waals surface area contributed by atoms with E-state index in [2.05, 4.69) is 46.6 Å². The summed E-state index contributed by atoms with van der Waals surface area (Å²) in [6.45, 7) is 16.3. The van der Waals surface area contributed by atoms with Crippen LogP contribution < -0.4 is 0 Å². The zero-order valence-electron chi connectivity index (χ0n) is 13.6. The molecule has 1 aliphatic heterocycles. The van der Waals surface area contributed by atoms with Crippen LogP contribution in [-0.4, -0.2) is 38.5 Å². The average Bonchev–Trinajstić information content (AvgIpc) is 2.28. The van der Waals surface area contributed by atoms with Crippen molar-refractivity contribution in [3.05, 3.63) is 11.3 Å². The molecule has 0 atom stereocenters. The van der Waals surface area contributed by atoms with Crippen LogP contribution in [0.1, 0.15) is 54.9 Å². The van der Waals surface area contributed by atoms with Gasteiger partial charge in [0, 0.05) is 12.7 Å². The van der Waals surface area contributed by atoms with Gasteiger partial charge in [-0.15, -0.1) is 0 Å². The van der Waals surface area contributed by atoms with Crippen molar-refractivity contribution in [3.63, 3.8) is 0 Å². The van der Waals surface area contributed by atoms with Crippen molar-refractivity contribution < 1.29 is 4.74 Å².